The van der Waals surface area contributed by atoms with Crippen LogP contribution in [0.1, 0.15) is 37.1 Å². The fraction of sp³-hybridized carbons (Fsp3) is 0.824. The largest absolute Gasteiger partial charge is 0.381 e. The molecular weight excluding hydrogens is 356 g/mol. The molecule has 2 aliphatic rings. The van der Waals surface area contributed by atoms with Crippen molar-refractivity contribution in [2.45, 2.75) is 56.5 Å². The van der Waals surface area contributed by atoms with Crippen molar-refractivity contribution in [1.29, 1.82) is 0 Å². The number of hydrogen-bond donors (Lipinski definition) is 1. The average Bonchev–Trinajstić information content (AvgIpc) is 2.99. The molecule has 3 rings (SSSR count). The van der Waals surface area contributed by atoms with Crippen LogP contribution < -0.4 is 5.73 Å². The second kappa shape index (κ2) is 8.35. The van der Waals surface area contributed by atoms with Crippen molar-refractivity contribution in [3.8, 4) is 0 Å². The van der Waals surface area contributed by atoms with E-state index in [0.717, 1.165) is 45.4 Å². The Morgan fingerprint density at radius 1 is 1.15 bits per heavy atom. The van der Waals surface area contributed by atoms with Crippen LogP contribution in [0.4, 0.5) is 0 Å². The molecule has 8 nitrogen and oxygen atoms in total. The number of nitrogens with two attached hydrogens (primary N) is 1. The molecule has 2 aliphatic heterocycles. The maximum Gasteiger partial charge on any atom is 0.248 e. The van der Waals surface area contributed by atoms with Crippen LogP contribution >= 0.6 is 0 Å². The highest BCUT2D eigenvalue weighted by molar-refractivity contribution is 7.89. The van der Waals surface area contributed by atoms with E-state index in [0.29, 0.717) is 43.2 Å². The summed E-state index contributed by atoms with van der Waals surface area (Å²) in [4.78, 5) is 2.71. The van der Waals surface area contributed by atoms with E-state index in [1.807, 2.05) is 0 Å². The van der Waals surface area contributed by atoms with Gasteiger partial charge < -0.3 is 15.0 Å². The maximum absolute atomic E-state index is 13.0. The first-order valence-corrected chi connectivity index (χ1v) is 10.9. The fourth-order valence-electron chi connectivity index (χ4n) is 4.22. The van der Waals surface area contributed by atoms with Gasteiger partial charge in [-0.1, -0.05) is 5.16 Å². The topological polar surface area (TPSA) is 102 Å². The molecule has 0 unspecified atom stereocenters. The van der Waals surface area contributed by atoms with Crippen LogP contribution in [0.3, 0.4) is 0 Å². The van der Waals surface area contributed by atoms with Crippen LogP contribution in [0, 0.1) is 13.8 Å². The lowest BCUT2D eigenvalue weighted by Gasteiger charge is -2.43. The summed E-state index contributed by atoms with van der Waals surface area (Å²) in [6.07, 6.45) is 3.69. The third-order valence-electron chi connectivity index (χ3n) is 5.51. The Balaban J connectivity index is 1.67. The normalized spacial score (nSPS) is 21.5. The summed E-state index contributed by atoms with van der Waals surface area (Å²) in [5, 5.41) is 3.79. The van der Waals surface area contributed by atoms with Gasteiger partial charge in [-0.25, -0.2) is 8.42 Å². The van der Waals surface area contributed by atoms with E-state index < -0.39 is 10.0 Å². The monoisotopic (exact) mass is 386 g/mol. The molecule has 0 spiro atoms. The standard InChI is InChI=1S/C17H30N4O4S/c1-13-17(14(2)25-19-13)26(22,23)20-8-3-15(4-9-20)21(10-7-18)16-5-11-24-12-6-16/h15-16H,3-12,18H2,1-2H3. The number of aryl methyl sites for hydroxylation is 2. The van der Waals surface area contributed by atoms with Crippen molar-refractivity contribution < 1.29 is 17.7 Å². The number of nitrogens with zero attached hydrogens (tertiary/aromatic N) is 3. The Morgan fingerprint density at radius 2 is 1.77 bits per heavy atom. The van der Waals surface area contributed by atoms with E-state index in [2.05, 4.69) is 10.1 Å². The SMILES string of the molecule is Cc1noc(C)c1S(=O)(=O)N1CCC(N(CCN)C2CCOCC2)CC1. The number of sulfonamides is 1. The molecule has 0 saturated carbocycles. The molecule has 26 heavy (non-hydrogen) atoms. The molecule has 148 valence electrons. The molecule has 0 atom stereocenters. The molecule has 0 bridgehead atoms. The molecule has 2 N–H and O–H groups in total. The zero-order chi connectivity index (χ0) is 18.7. The summed E-state index contributed by atoms with van der Waals surface area (Å²) in [5.74, 6) is 0.358. The average molecular weight is 387 g/mol. The summed E-state index contributed by atoms with van der Waals surface area (Å²) in [5.41, 5.74) is 6.27. The number of ether oxygens (including phenoxy) is 1. The lowest BCUT2D eigenvalue weighted by molar-refractivity contribution is 0.00838. The van der Waals surface area contributed by atoms with E-state index in [1.54, 1.807) is 18.2 Å². The summed E-state index contributed by atoms with van der Waals surface area (Å²) in [7, 11) is -3.55. The Labute approximate surface area is 155 Å². The minimum atomic E-state index is -3.55. The van der Waals surface area contributed by atoms with Crippen LogP contribution in [0.15, 0.2) is 9.42 Å². The number of hydrogen-bond acceptors (Lipinski definition) is 7. The Bertz CT molecular complexity index is 672. The van der Waals surface area contributed by atoms with Gasteiger partial charge in [-0.15, -0.1) is 0 Å². The molecule has 0 aromatic carbocycles. The highest BCUT2D eigenvalue weighted by atomic mass is 32.2. The lowest BCUT2D eigenvalue weighted by Crippen LogP contribution is -2.52. The first-order valence-electron chi connectivity index (χ1n) is 9.41. The van der Waals surface area contributed by atoms with Gasteiger partial charge in [0.25, 0.3) is 0 Å². The number of aromatic nitrogens is 1. The highest BCUT2D eigenvalue weighted by Gasteiger charge is 2.36. The summed E-state index contributed by atoms with van der Waals surface area (Å²) >= 11 is 0. The molecule has 0 amide bonds. The minimum absolute atomic E-state index is 0.221. The molecule has 0 radical (unpaired) electrons. The predicted octanol–water partition coefficient (Wildman–Crippen LogP) is 0.884. The van der Waals surface area contributed by atoms with Crippen molar-refractivity contribution in [3.05, 3.63) is 11.5 Å². The molecule has 3 heterocycles. The maximum atomic E-state index is 13.0. The van der Waals surface area contributed by atoms with Gasteiger partial charge in [0.2, 0.25) is 10.0 Å². The van der Waals surface area contributed by atoms with Crippen molar-refractivity contribution in [3.63, 3.8) is 0 Å². The van der Waals surface area contributed by atoms with Crippen LogP contribution in [-0.4, -0.2) is 74.3 Å². The number of rotatable bonds is 6. The highest BCUT2D eigenvalue weighted by Crippen LogP contribution is 2.29. The van der Waals surface area contributed by atoms with Crippen LogP contribution in [0.2, 0.25) is 0 Å². The third-order valence-corrected chi connectivity index (χ3v) is 7.65. The molecule has 2 fully saturated rings. The first-order chi connectivity index (χ1) is 12.4. The van der Waals surface area contributed by atoms with Crippen LogP contribution in [-0.2, 0) is 14.8 Å². The molecule has 2 saturated heterocycles. The van der Waals surface area contributed by atoms with Crippen molar-refractivity contribution >= 4 is 10.0 Å². The number of piperidine rings is 1. The van der Waals surface area contributed by atoms with E-state index in [9.17, 15) is 8.42 Å². The van der Waals surface area contributed by atoms with Gasteiger partial charge in [0, 0.05) is 51.5 Å². The lowest BCUT2D eigenvalue weighted by atomic mass is 9.99. The van der Waals surface area contributed by atoms with Gasteiger partial charge in [0.15, 0.2) is 5.76 Å². The summed E-state index contributed by atoms with van der Waals surface area (Å²) < 4.78 is 38.0. The van der Waals surface area contributed by atoms with E-state index in [-0.39, 0.29) is 4.90 Å². The summed E-state index contributed by atoms with van der Waals surface area (Å²) in [6, 6.07) is 0.862. The van der Waals surface area contributed by atoms with Crippen LogP contribution in [0.25, 0.3) is 0 Å². The van der Waals surface area contributed by atoms with Crippen LogP contribution in [0.5, 0.6) is 0 Å². The quantitative estimate of drug-likeness (QED) is 0.774. The zero-order valence-corrected chi connectivity index (χ0v) is 16.5. The van der Waals surface area contributed by atoms with Gasteiger partial charge in [0.1, 0.15) is 10.6 Å². The molecule has 9 heteroatoms. The Hall–Kier alpha value is -1.00. The van der Waals surface area contributed by atoms with Gasteiger partial charge in [-0.05, 0) is 39.5 Å². The first kappa shape index (κ1) is 19.8. The van der Waals surface area contributed by atoms with E-state index in [4.69, 9.17) is 15.0 Å². The van der Waals surface area contributed by atoms with Gasteiger partial charge in [-0.2, -0.15) is 4.31 Å². The predicted molar refractivity (Wildman–Crippen MR) is 97.4 cm³/mol. The zero-order valence-electron chi connectivity index (χ0n) is 15.7. The smallest absolute Gasteiger partial charge is 0.248 e. The van der Waals surface area contributed by atoms with Gasteiger partial charge in [-0.3, -0.25) is 4.90 Å². The molecule has 1 aromatic rings. The van der Waals surface area contributed by atoms with Crippen molar-refractivity contribution in [1.82, 2.24) is 14.4 Å². The van der Waals surface area contributed by atoms with Crippen molar-refractivity contribution in [2.75, 3.05) is 39.4 Å². The van der Waals surface area contributed by atoms with E-state index in [1.165, 1.54) is 0 Å². The second-order valence-corrected chi connectivity index (χ2v) is 9.03. The second-order valence-electron chi connectivity index (χ2n) is 7.16. The summed E-state index contributed by atoms with van der Waals surface area (Å²) in [6.45, 7) is 7.41. The van der Waals surface area contributed by atoms with Gasteiger partial charge >= 0.3 is 0 Å². The van der Waals surface area contributed by atoms with Crippen molar-refractivity contribution in [2.24, 2.45) is 5.73 Å². The third kappa shape index (κ3) is 3.96. The van der Waals surface area contributed by atoms with E-state index >= 15 is 0 Å². The fourth-order valence-corrected chi connectivity index (χ4v) is 5.98. The van der Waals surface area contributed by atoms with Gasteiger partial charge in [0.05, 0.1) is 0 Å². The molecule has 1 aromatic heterocycles. The Kier molecular flexibility index (Phi) is 6.34. The minimum Gasteiger partial charge on any atom is -0.381 e. The molecule has 0 aliphatic carbocycles. The Morgan fingerprint density at radius 3 is 2.31 bits per heavy atom. The molecular formula is C17H30N4O4S.